The van der Waals surface area contributed by atoms with Crippen LogP contribution < -0.4 is 0 Å². The number of carbonyl (C=O) groups is 1. The maximum Gasteiger partial charge on any atom is 0.143 e. The molecule has 1 fully saturated rings. The van der Waals surface area contributed by atoms with Crippen LogP contribution in [-0.4, -0.2) is 34.4 Å². The van der Waals surface area contributed by atoms with Crippen molar-refractivity contribution in [3.05, 3.63) is 67.3 Å². The van der Waals surface area contributed by atoms with E-state index < -0.39 is 0 Å². The van der Waals surface area contributed by atoms with Crippen LogP contribution >= 0.6 is 38.6 Å². The summed E-state index contributed by atoms with van der Waals surface area (Å²) in [6, 6.07) is 12.0. The van der Waals surface area contributed by atoms with Gasteiger partial charge in [-0.25, -0.2) is 4.98 Å². The van der Waals surface area contributed by atoms with Crippen LogP contribution in [0.5, 0.6) is 0 Å². The van der Waals surface area contributed by atoms with Crippen LogP contribution in [0.15, 0.2) is 56.2 Å². The number of nitrogens with zero attached hydrogens (tertiary/aromatic N) is 3. The number of rotatable bonds is 6. The summed E-state index contributed by atoms with van der Waals surface area (Å²) in [6.07, 6.45) is 3.08. The lowest BCUT2D eigenvalue weighted by atomic mass is 9.96. The summed E-state index contributed by atoms with van der Waals surface area (Å²) >= 11 is 6.90. The third-order valence-electron chi connectivity index (χ3n) is 5.97. The van der Waals surface area contributed by atoms with Crippen molar-refractivity contribution in [2.45, 2.75) is 31.7 Å². The number of hydrogen-bond acceptors (Lipinski definition) is 7. The maximum atomic E-state index is 11.7. The Bertz CT molecular complexity index is 1210. The Hall–Kier alpha value is -2.13. The van der Waals surface area contributed by atoms with Crippen molar-refractivity contribution in [1.29, 1.82) is 0 Å². The molecule has 0 spiro atoms. The smallest absolute Gasteiger partial charge is 0.143 e. The van der Waals surface area contributed by atoms with Crippen LogP contribution in [0.4, 0.5) is 0 Å². The largest absolute Gasteiger partial charge is 0.360 e. The minimum Gasteiger partial charge on any atom is -0.360 e. The molecule has 5 nitrogen and oxygen atoms in total. The van der Waals surface area contributed by atoms with Crippen molar-refractivity contribution in [1.82, 2.24) is 15.0 Å². The van der Waals surface area contributed by atoms with Crippen LogP contribution in [-0.2, 0) is 4.79 Å². The van der Waals surface area contributed by atoms with Crippen molar-refractivity contribution >= 4 is 44.9 Å². The molecule has 4 aromatic rings. The molecular weight excluding hydrogens is 506 g/mol. The van der Waals surface area contributed by atoms with Crippen molar-refractivity contribution in [3.8, 4) is 22.5 Å². The van der Waals surface area contributed by atoms with Crippen LogP contribution in [0.2, 0.25) is 0 Å². The number of thiophene rings is 1. The molecule has 0 aliphatic carbocycles. The van der Waals surface area contributed by atoms with Crippen LogP contribution in [0.1, 0.15) is 40.4 Å². The van der Waals surface area contributed by atoms with Gasteiger partial charge in [-0.1, -0.05) is 39.3 Å². The number of aldehydes is 1. The number of hydrogen-bond donors (Lipinski definition) is 0. The molecule has 1 unspecified atom stereocenters. The van der Waals surface area contributed by atoms with E-state index in [1.807, 2.05) is 48.7 Å². The van der Waals surface area contributed by atoms with E-state index in [1.165, 1.54) is 0 Å². The predicted molar refractivity (Wildman–Crippen MR) is 132 cm³/mol. The van der Waals surface area contributed by atoms with Crippen LogP contribution in [0, 0.1) is 6.92 Å². The second kappa shape index (κ2) is 9.39. The highest BCUT2D eigenvalue weighted by molar-refractivity contribution is 9.10. The van der Waals surface area contributed by atoms with Gasteiger partial charge in [0.2, 0.25) is 0 Å². The molecule has 8 heteroatoms. The van der Waals surface area contributed by atoms with Crippen molar-refractivity contribution in [2.75, 3.05) is 13.1 Å². The van der Waals surface area contributed by atoms with E-state index in [2.05, 4.69) is 31.4 Å². The summed E-state index contributed by atoms with van der Waals surface area (Å²) < 4.78 is 6.55. The van der Waals surface area contributed by atoms with E-state index in [4.69, 9.17) is 9.51 Å². The zero-order valence-corrected chi connectivity index (χ0v) is 20.8. The monoisotopic (exact) mass is 527 g/mol. The first-order valence-electron chi connectivity index (χ1n) is 10.5. The molecule has 1 aromatic carbocycles. The fraction of sp³-hybridized carbons (Fsp3) is 0.292. The lowest BCUT2D eigenvalue weighted by Crippen LogP contribution is -2.36. The molecule has 1 aliphatic rings. The summed E-state index contributed by atoms with van der Waals surface area (Å²) in [4.78, 5) is 20.1. The summed E-state index contributed by atoms with van der Waals surface area (Å²) in [6.45, 7) is 3.73. The zero-order chi connectivity index (χ0) is 22.1. The molecule has 1 aliphatic heterocycles. The zero-order valence-electron chi connectivity index (χ0n) is 17.5. The summed E-state index contributed by atoms with van der Waals surface area (Å²) in [5, 5.41) is 9.62. The van der Waals surface area contributed by atoms with Crippen molar-refractivity contribution in [3.63, 3.8) is 0 Å². The quantitative estimate of drug-likeness (QED) is 0.260. The molecule has 1 atom stereocenters. The van der Waals surface area contributed by atoms with Gasteiger partial charge in [-0.3, -0.25) is 4.90 Å². The van der Waals surface area contributed by atoms with Crippen LogP contribution in [0.25, 0.3) is 22.5 Å². The lowest BCUT2D eigenvalue weighted by Gasteiger charge is -2.34. The average molecular weight is 528 g/mol. The van der Waals surface area contributed by atoms with Gasteiger partial charge in [0, 0.05) is 26.2 Å². The van der Waals surface area contributed by atoms with Gasteiger partial charge in [0.05, 0.1) is 16.3 Å². The lowest BCUT2D eigenvalue weighted by molar-refractivity contribution is -0.113. The van der Waals surface area contributed by atoms with Gasteiger partial charge >= 0.3 is 0 Å². The predicted octanol–water partition coefficient (Wildman–Crippen LogP) is 6.72. The third-order valence-corrected chi connectivity index (χ3v) is 8.42. The molecule has 0 bridgehead atoms. The first kappa shape index (κ1) is 21.7. The van der Waals surface area contributed by atoms with Gasteiger partial charge in [0.15, 0.2) is 0 Å². The molecule has 32 heavy (non-hydrogen) atoms. The van der Waals surface area contributed by atoms with Crippen molar-refractivity contribution in [2.24, 2.45) is 0 Å². The van der Waals surface area contributed by atoms with Crippen LogP contribution in [0.3, 0.4) is 0 Å². The van der Waals surface area contributed by atoms with Gasteiger partial charge in [-0.2, -0.15) is 0 Å². The Morgan fingerprint density at radius 1 is 1.22 bits per heavy atom. The highest BCUT2D eigenvalue weighted by Crippen LogP contribution is 2.39. The van der Waals surface area contributed by atoms with E-state index in [1.54, 1.807) is 22.7 Å². The summed E-state index contributed by atoms with van der Waals surface area (Å²) in [5.41, 5.74) is 3.70. The van der Waals surface area contributed by atoms with E-state index in [-0.39, 0.29) is 6.04 Å². The number of halogens is 1. The number of benzene rings is 1. The molecule has 0 amide bonds. The molecule has 4 heterocycles. The van der Waals surface area contributed by atoms with E-state index in [0.717, 1.165) is 74.8 Å². The number of aryl methyl sites for hydroxylation is 1. The van der Waals surface area contributed by atoms with E-state index in [0.29, 0.717) is 5.92 Å². The normalized spacial score (nSPS) is 16.3. The standard InChI is InChI=1S/C24H22BrN3O2S2/c1-15-22(23(27-30-15)17-4-2-5-18(25)12-17)19-14-32-24(26-19)16-7-9-28(10-8-16)20(13-29)21-6-3-11-31-21/h2-6,11-14,16,20H,7-10H2,1H3. The van der Waals surface area contributed by atoms with E-state index >= 15 is 0 Å². The Balaban J connectivity index is 1.34. The molecule has 1 saturated heterocycles. The Labute approximate surface area is 203 Å². The maximum absolute atomic E-state index is 11.7. The highest BCUT2D eigenvalue weighted by Gasteiger charge is 2.29. The highest BCUT2D eigenvalue weighted by atomic mass is 79.9. The Kier molecular flexibility index (Phi) is 6.37. The first-order chi connectivity index (χ1) is 15.6. The molecule has 164 valence electrons. The number of likely N-dealkylation sites (tertiary alicyclic amines) is 1. The molecule has 3 aromatic heterocycles. The molecule has 0 radical (unpaired) electrons. The molecule has 5 rings (SSSR count). The third kappa shape index (κ3) is 4.24. The minimum absolute atomic E-state index is 0.129. The second-order valence-electron chi connectivity index (χ2n) is 7.95. The van der Waals surface area contributed by atoms with Gasteiger partial charge in [-0.05, 0) is 56.4 Å². The molecule has 0 N–H and O–H groups in total. The Morgan fingerprint density at radius 3 is 2.78 bits per heavy atom. The molecule has 0 saturated carbocycles. The topological polar surface area (TPSA) is 59.2 Å². The SMILES string of the molecule is Cc1onc(-c2cccc(Br)c2)c1-c1csc(C2CCN(C(C=O)c3cccs3)CC2)n1. The number of piperidine rings is 1. The minimum atomic E-state index is -0.129. The first-order valence-corrected chi connectivity index (χ1v) is 13.1. The van der Waals surface area contributed by atoms with Crippen molar-refractivity contribution < 1.29 is 9.32 Å². The van der Waals surface area contributed by atoms with E-state index in [9.17, 15) is 4.79 Å². The fourth-order valence-corrected chi connectivity index (χ4v) is 6.51. The number of aromatic nitrogens is 2. The molecular formula is C24H22BrN3O2S2. The van der Waals surface area contributed by atoms with Gasteiger partial charge < -0.3 is 9.32 Å². The summed E-state index contributed by atoms with van der Waals surface area (Å²) in [7, 11) is 0. The van der Waals surface area contributed by atoms with Gasteiger partial charge in [0.1, 0.15) is 23.8 Å². The Morgan fingerprint density at radius 2 is 2.06 bits per heavy atom. The second-order valence-corrected chi connectivity index (χ2v) is 10.7. The van der Waals surface area contributed by atoms with Gasteiger partial charge in [-0.15, -0.1) is 22.7 Å². The summed E-state index contributed by atoms with van der Waals surface area (Å²) in [5.74, 6) is 1.19. The number of thiazole rings is 1. The number of carbonyl (C=O) groups excluding carboxylic acids is 1. The van der Waals surface area contributed by atoms with Gasteiger partial charge in [0.25, 0.3) is 0 Å². The fourth-order valence-electron chi connectivity index (χ4n) is 4.31. The average Bonchev–Trinajstić information content (AvgIpc) is 3.56.